The molecule has 7 nitrogen and oxygen atoms in total. The molecule has 0 radical (unpaired) electrons. The van der Waals surface area contributed by atoms with Crippen LogP contribution in [-0.2, 0) is 30.2 Å². The average molecular weight is 457 g/mol. The molecule has 1 aromatic carbocycles. The van der Waals surface area contributed by atoms with Gasteiger partial charge in [-0.15, -0.1) is 0 Å². The second-order valence-electron chi connectivity index (χ2n) is 11.1. The van der Waals surface area contributed by atoms with Crippen LogP contribution >= 0.6 is 0 Å². The van der Waals surface area contributed by atoms with Crippen LogP contribution in [0.5, 0.6) is 0 Å². The topological polar surface area (TPSA) is 102 Å². The van der Waals surface area contributed by atoms with Crippen LogP contribution in [0.25, 0.3) is 0 Å². The number of carbonyl (C=O) groups is 2. The van der Waals surface area contributed by atoms with Crippen LogP contribution in [0.15, 0.2) is 12.1 Å². The fourth-order valence-electron chi connectivity index (χ4n) is 7.64. The molecule has 1 aromatic rings. The first-order chi connectivity index (χ1) is 15.6. The fourth-order valence-corrected chi connectivity index (χ4v) is 7.64. The number of ether oxygens (including phenoxy) is 3. The Kier molecular flexibility index (Phi) is 4.30. The maximum atomic E-state index is 13.3. The Morgan fingerprint density at radius 3 is 2.64 bits per heavy atom. The Labute approximate surface area is 193 Å². The van der Waals surface area contributed by atoms with Gasteiger partial charge in [0, 0.05) is 17.8 Å². The lowest BCUT2D eigenvalue weighted by atomic mass is 9.45. The van der Waals surface area contributed by atoms with Crippen LogP contribution in [0.3, 0.4) is 0 Å². The number of aryl methyl sites for hydroxylation is 2. The summed E-state index contributed by atoms with van der Waals surface area (Å²) in [7, 11) is 0. The van der Waals surface area contributed by atoms with Gasteiger partial charge in [0.1, 0.15) is 12.2 Å². The van der Waals surface area contributed by atoms with E-state index >= 15 is 0 Å². The third-order valence-corrected chi connectivity index (χ3v) is 9.60. The first-order valence-corrected chi connectivity index (χ1v) is 12.2. The second kappa shape index (κ2) is 6.58. The number of hydrogen-bond donors (Lipinski definition) is 2. The van der Waals surface area contributed by atoms with Crippen molar-refractivity contribution in [3.8, 4) is 0 Å². The summed E-state index contributed by atoms with van der Waals surface area (Å²) in [6.07, 6.45) is -0.376. The van der Waals surface area contributed by atoms with Gasteiger partial charge < -0.3 is 24.4 Å². The molecule has 4 fully saturated rings. The van der Waals surface area contributed by atoms with Crippen molar-refractivity contribution >= 4 is 11.9 Å². The van der Waals surface area contributed by atoms with E-state index in [4.69, 9.17) is 14.2 Å². The van der Waals surface area contributed by atoms with Gasteiger partial charge in [-0.3, -0.25) is 4.79 Å². The molecule has 3 aliphatic carbocycles. The van der Waals surface area contributed by atoms with Crippen molar-refractivity contribution in [3.05, 3.63) is 34.4 Å². The SMILES string of the molecule is CC[C@@H](C)C(=O)O[C@H]1C(=O)O[C@@H]2Cc3c(C)ccc(C)c3[C@H]3[C@]4(O)OC[C@@]23[C@@H]1C1(CC1)[C@H]4O. The van der Waals surface area contributed by atoms with E-state index in [1.807, 2.05) is 32.9 Å². The van der Waals surface area contributed by atoms with E-state index in [1.165, 1.54) is 0 Å². The van der Waals surface area contributed by atoms with Crippen LogP contribution < -0.4 is 0 Å². The van der Waals surface area contributed by atoms with E-state index < -0.39 is 58.7 Å². The molecule has 2 spiro atoms. The molecule has 8 atom stereocenters. The summed E-state index contributed by atoms with van der Waals surface area (Å²) in [6, 6.07) is 4.07. The normalized spacial score (nSPS) is 42.2. The van der Waals surface area contributed by atoms with Gasteiger partial charge in [-0.1, -0.05) is 26.0 Å². The van der Waals surface area contributed by atoms with Crippen molar-refractivity contribution in [2.75, 3.05) is 6.61 Å². The highest BCUT2D eigenvalue weighted by Gasteiger charge is 2.85. The Balaban J connectivity index is 1.57. The largest absolute Gasteiger partial charge is 0.459 e. The number of esters is 2. The Morgan fingerprint density at radius 2 is 1.97 bits per heavy atom. The lowest BCUT2D eigenvalue weighted by molar-refractivity contribution is -0.291. The zero-order valence-electron chi connectivity index (χ0n) is 19.6. The average Bonchev–Trinajstić information content (AvgIpc) is 3.53. The van der Waals surface area contributed by atoms with Crippen molar-refractivity contribution in [2.24, 2.45) is 22.7 Å². The molecule has 2 saturated carbocycles. The summed E-state index contributed by atoms with van der Waals surface area (Å²) in [5.74, 6) is -4.13. The fraction of sp³-hybridized carbons (Fsp3) is 0.692. The minimum Gasteiger partial charge on any atom is -0.459 e. The van der Waals surface area contributed by atoms with Crippen molar-refractivity contribution in [1.82, 2.24) is 0 Å². The monoisotopic (exact) mass is 456 g/mol. The van der Waals surface area contributed by atoms with E-state index in [-0.39, 0.29) is 12.5 Å². The second-order valence-corrected chi connectivity index (χ2v) is 11.1. The summed E-state index contributed by atoms with van der Waals surface area (Å²) in [5, 5.41) is 23.5. The van der Waals surface area contributed by atoms with Crippen LogP contribution in [0.2, 0.25) is 0 Å². The van der Waals surface area contributed by atoms with Crippen molar-refractivity contribution in [3.63, 3.8) is 0 Å². The summed E-state index contributed by atoms with van der Waals surface area (Å²) < 4.78 is 18.0. The highest BCUT2D eigenvalue weighted by Crippen LogP contribution is 2.77. The lowest BCUT2D eigenvalue weighted by Gasteiger charge is -2.62. The van der Waals surface area contributed by atoms with Gasteiger partial charge in [0.2, 0.25) is 6.10 Å². The minimum atomic E-state index is -1.77. The Bertz CT molecular complexity index is 1060. The molecule has 2 N–H and O–H groups in total. The first kappa shape index (κ1) is 21.6. The molecule has 2 heterocycles. The summed E-state index contributed by atoms with van der Waals surface area (Å²) in [4.78, 5) is 26.2. The molecule has 0 aromatic heterocycles. The van der Waals surface area contributed by atoms with Gasteiger partial charge in [-0.05, 0) is 55.4 Å². The zero-order valence-corrected chi connectivity index (χ0v) is 19.6. The number of hydrogen-bond acceptors (Lipinski definition) is 7. The van der Waals surface area contributed by atoms with Gasteiger partial charge in [-0.25, -0.2) is 4.79 Å². The first-order valence-electron chi connectivity index (χ1n) is 12.2. The number of carbonyl (C=O) groups excluding carboxylic acids is 2. The van der Waals surface area contributed by atoms with E-state index in [9.17, 15) is 19.8 Å². The lowest BCUT2D eigenvalue weighted by Crippen LogP contribution is -2.72. The number of fused-ring (bicyclic) bond motifs is 2. The number of aliphatic hydroxyl groups excluding tert-OH is 1. The van der Waals surface area contributed by atoms with Crippen molar-refractivity contribution in [2.45, 2.75) is 83.4 Å². The number of rotatable bonds is 3. The highest BCUT2D eigenvalue weighted by molar-refractivity contribution is 5.82. The van der Waals surface area contributed by atoms with Crippen LogP contribution in [0.1, 0.15) is 61.3 Å². The quantitative estimate of drug-likeness (QED) is 0.673. The van der Waals surface area contributed by atoms with E-state index in [0.717, 1.165) is 22.3 Å². The molecule has 6 rings (SSSR count). The molecular weight excluding hydrogens is 424 g/mol. The standard InChI is InChI=1S/C26H32O7/c1-5-12(2)21(27)33-18-20-24(8-9-24)23(29)26(30)19-17-14(4)7-6-13(3)15(17)10-16(32-22(18)28)25(19,20)11-31-26/h6-7,12,16,18-20,23,29-30H,5,8-11H2,1-4H3/t12-,16-,18-,19-,20+,23-,25-,26+/m1/s1. The predicted octanol–water partition coefficient (Wildman–Crippen LogP) is 2.30. The minimum absolute atomic E-state index is 0.153. The summed E-state index contributed by atoms with van der Waals surface area (Å²) in [5.41, 5.74) is 2.62. The molecule has 33 heavy (non-hydrogen) atoms. The van der Waals surface area contributed by atoms with Crippen LogP contribution in [0, 0.1) is 36.5 Å². The molecule has 7 heteroatoms. The molecule has 0 amide bonds. The maximum Gasteiger partial charge on any atom is 0.348 e. The third-order valence-electron chi connectivity index (χ3n) is 9.60. The van der Waals surface area contributed by atoms with Crippen LogP contribution in [0.4, 0.5) is 0 Å². The number of benzene rings is 1. The molecule has 2 aliphatic heterocycles. The smallest absolute Gasteiger partial charge is 0.348 e. The van der Waals surface area contributed by atoms with E-state index in [0.29, 0.717) is 25.7 Å². The molecule has 178 valence electrons. The molecular formula is C26H32O7. The highest BCUT2D eigenvalue weighted by atomic mass is 16.7. The Hall–Kier alpha value is -1.96. The van der Waals surface area contributed by atoms with Crippen molar-refractivity contribution in [1.29, 1.82) is 0 Å². The van der Waals surface area contributed by atoms with Crippen LogP contribution in [-0.4, -0.2) is 52.9 Å². The molecule has 2 bridgehead atoms. The van der Waals surface area contributed by atoms with Gasteiger partial charge in [0.25, 0.3) is 0 Å². The number of aliphatic hydroxyl groups is 2. The zero-order chi connectivity index (χ0) is 23.5. The molecule has 5 aliphatic rings. The maximum absolute atomic E-state index is 13.3. The third kappa shape index (κ3) is 2.41. The van der Waals surface area contributed by atoms with E-state index in [1.54, 1.807) is 6.92 Å². The van der Waals surface area contributed by atoms with E-state index in [2.05, 4.69) is 0 Å². The summed E-state index contributed by atoms with van der Waals surface area (Å²) >= 11 is 0. The van der Waals surface area contributed by atoms with Gasteiger partial charge in [0.05, 0.1) is 23.9 Å². The molecule has 0 unspecified atom stereocenters. The predicted molar refractivity (Wildman–Crippen MR) is 116 cm³/mol. The molecule has 2 saturated heterocycles. The van der Waals surface area contributed by atoms with Crippen molar-refractivity contribution < 1.29 is 34.0 Å². The van der Waals surface area contributed by atoms with Gasteiger partial charge in [0.15, 0.2) is 5.79 Å². The Morgan fingerprint density at radius 1 is 1.27 bits per heavy atom. The summed E-state index contributed by atoms with van der Waals surface area (Å²) in [6.45, 7) is 7.86. The van der Waals surface area contributed by atoms with Gasteiger partial charge >= 0.3 is 11.9 Å². The van der Waals surface area contributed by atoms with Gasteiger partial charge in [-0.2, -0.15) is 0 Å².